The van der Waals surface area contributed by atoms with Crippen LogP contribution < -0.4 is 0 Å². The maximum atomic E-state index is 2.45. The number of hydrogen-bond donors (Lipinski definition) is 0. The fourth-order valence-electron chi connectivity index (χ4n) is 9.50. The molecule has 12 rings (SSSR count). The van der Waals surface area contributed by atoms with Gasteiger partial charge in [0.2, 0.25) is 0 Å². The van der Waals surface area contributed by atoms with Crippen LogP contribution >= 0.6 is 0 Å². The SMILES string of the molecule is c1ccc(-n2c(-c3cc(-c4cccc5c6ccccc6n(-c6ccccc6)c45)cc(-c4cccc5c6ccccc6n(-c6ccccc6)c45)c3)cc3ccccc32)cc1. The molecule has 0 unspecified atom stereocenters. The Kier molecular flexibility index (Phi) is 7.54. The van der Waals surface area contributed by atoms with Crippen LogP contribution in [0, 0.1) is 0 Å². The summed E-state index contributed by atoms with van der Waals surface area (Å²) in [7, 11) is 0. The zero-order valence-corrected chi connectivity index (χ0v) is 32.2. The molecule has 276 valence electrons. The second-order valence-corrected chi connectivity index (χ2v) is 15.3. The molecule has 0 spiro atoms. The van der Waals surface area contributed by atoms with Crippen LogP contribution in [-0.2, 0) is 0 Å². The van der Waals surface area contributed by atoms with Gasteiger partial charge in [-0.05, 0) is 95.6 Å². The molecule has 0 atom stereocenters. The predicted octanol–water partition coefficient (Wildman–Crippen LogP) is 14.8. The van der Waals surface area contributed by atoms with E-state index < -0.39 is 0 Å². The van der Waals surface area contributed by atoms with Gasteiger partial charge in [0.25, 0.3) is 0 Å². The maximum Gasteiger partial charge on any atom is 0.0619 e. The molecule has 0 N–H and O–H groups in total. The van der Waals surface area contributed by atoms with Gasteiger partial charge in [-0.15, -0.1) is 0 Å². The van der Waals surface area contributed by atoms with Gasteiger partial charge in [-0.1, -0.05) is 146 Å². The van der Waals surface area contributed by atoms with Gasteiger partial charge in [-0.25, -0.2) is 0 Å². The van der Waals surface area contributed by atoms with E-state index in [4.69, 9.17) is 0 Å². The van der Waals surface area contributed by atoms with E-state index in [0.717, 1.165) is 39.4 Å². The van der Waals surface area contributed by atoms with Crippen molar-refractivity contribution >= 4 is 54.5 Å². The third-order valence-electron chi connectivity index (χ3n) is 12.0. The largest absolute Gasteiger partial charge is 0.309 e. The molecule has 59 heavy (non-hydrogen) atoms. The van der Waals surface area contributed by atoms with Crippen molar-refractivity contribution in [1.82, 2.24) is 13.7 Å². The summed E-state index contributed by atoms with van der Waals surface area (Å²) in [5.74, 6) is 0. The number of hydrogen-bond acceptors (Lipinski definition) is 0. The first-order chi connectivity index (χ1) is 29.3. The van der Waals surface area contributed by atoms with E-state index in [-0.39, 0.29) is 0 Å². The molecule has 3 heterocycles. The van der Waals surface area contributed by atoms with Crippen molar-refractivity contribution in [3.05, 3.63) is 224 Å². The van der Waals surface area contributed by atoms with Crippen LogP contribution in [0.2, 0.25) is 0 Å². The van der Waals surface area contributed by atoms with E-state index in [1.165, 1.54) is 65.6 Å². The molecule has 0 radical (unpaired) electrons. The fourth-order valence-corrected chi connectivity index (χ4v) is 9.50. The second-order valence-electron chi connectivity index (χ2n) is 15.3. The van der Waals surface area contributed by atoms with E-state index >= 15 is 0 Å². The molecule has 0 bridgehead atoms. The van der Waals surface area contributed by atoms with E-state index in [2.05, 4.69) is 238 Å². The van der Waals surface area contributed by atoms with Gasteiger partial charge < -0.3 is 13.7 Å². The smallest absolute Gasteiger partial charge is 0.0619 e. The zero-order valence-electron chi connectivity index (χ0n) is 32.2. The van der Waals surface area contributed by atoms with Crippen LogP contribution in [0.3, 0.4) is 0 Å². The highest BCUT2D eigenvalue weighted by atomic mass is 15.0. The van der Waals surface area contributed by atoms with Crippen LogP contribution in [0.15, 0.2) is 224 Å². The highest BCUT2D eigenvalue weighted by molar-refractivity contribution is 6.16. The van der Waals surface area contributed by atoms with Crippen LogP contribution in [0.25, 0.3) is 105 Å². The van der Waals surface area contributed by atoms with Gasteiger partial charge in [0.1, 0.15) is 0 Å². The highest BCUT2D eigenvalue weighted by Gasteiger charge is 2.22. The Morgan fingerprint density at radius 3 is 1.15 bits per heavy atom. The molecule has 0 saturated carbocycles. The molecule has 3 nitrogen and oxygen atoms in total. The Morgan fingerprint density at radius 1 is 0.254 bits per heavy atom. The molecule has 0 fully saturated rings. The molecule has 12 aromatic rings. The third-order valence-corrected chi connectivity index (χ3v) is 12.0. The first-order valence-corrected chi connectivity index (χ1v) is 20.3. The van der Waals surface area contributed by atoms with Gasteiger partial charge in [-0.3, -0.25) is 0 Å². The van der Waals surface area contributed by atoms with Gasteiger partial charge in [0.05, 0.1) is 33.3 Å². The lowest BCUT2D eigenvalue weighted by molar-refractivity contribution is 1.13. The Hall–Kier alpha value is -7.88. The van der Waals surface area contributed by atoms with Crippen molar-refractivity contribution in [3.8, 4) is 50.6 Å². The number of benzene rings is 9. The second kappa shape index (κ2) is 13.4. The van der Waals surface area contributed by atoms with Crippen LogP contribution in [-0.4, -0.2) is 13.7 Å². The van der Waals surface area contributed by atoms with Gasteiger partial charge in [0.15, 0.2) is 0 Å². The van der Waals surface area contributed by atoms with Crippen molar-refractivity contribution in [1.29, 1.82) is 0 Å². The Labute approximate surface area is 341 Å². The number of fused-ring (bicyclic) bond motifs is 7. The topological polar surface area (TPSA) is 14.8 Å². The van der Waals surface area contributed by atoms with Crippen molar-refractivity contribution in [2.45, 2.75) is 0 Å². The van der Waals surface area contributed by atoms with Crippen LogP contribution in [0.1, 0.15) is 0 Å². The first kappa shape index (κ1) is 33.3. The van der Waals surface area contributed by atoms with Crippen LogP contribution in [0.5, 0.6) is 0 Å². The average Bonchev–Trinajstić information content (AvgIpc) is 3.98. The van der Waals surface area contributed by atoms with Gasteiger partial charge >= 0.3 is 0 Å². The minimum Gasteiger partial charge on any atom is -0.309 e. The lowest BCUT2D eigenvalue weighted by Gasteiger charge is -2.17. The third kappa shape index (κ3) is 5.22. The van der Waals surface area contributed by atoms with Gasteiger partial charge in [0, 0.05) is 55.1 Å². The monoisotopic (exact) mass is 751 g/mol. The normalized spacial score (nSPS) is 11.7. The molecule has 0 aliphatic heterocycles. The summed E-state index contributed by atoms with van der Waals surface area (Å²) >= 11 is 0. The summed E-state index contributed by atoms with van der Waals surface area (Å²) in [6.07, 6.45) is 0. The lowest BCUT2D eigenvalue weighted by atomic mass is 9.92. The Bertz CT molecular complexity index is 3360. The van der Waals surface area contributed by atoms with Gasteiger partial charge in [-0.2, -0.15) is 0 Å². The summed E-state index contributed by atoms with van der Waals surface area (Å²) in [6, 6.07) is 81.8. The molecule has 9 aromatic carbocycles. The van der Waals surface area contributed by atoms with Crippen molar-refractivity contribution in [3.63, 3.8) is 0 Å². The van der Waals surface area contributed by atoms with E-state index in [1.54, 1.807) is 0 Å². The fraction of sp³-hybridized carbons (Fsp3) is 0. The minimum absolute atomic E-state index is 1.13. The summed E-state index contributed by atoms with van der Waals surface area (Å²) in [4.78, 5) is 0. The zero-order chi connectivity index (χ0) is 38.9. The van der Waals surface area contributed by atoms with E-state index in [9.17, 15) is 0 Å². The molecular formula is C56H37N3. The van der Waals surface area contributed by atoms with E-state index in [1.807, 2.05) is 0 Å². The standard InChI is InChI=1S/C56H37N3/c1-4-19-42(20-5-1)57-51-31-13-10-18-38(51)37-54(57)41-35-39(45-27-16-29-49-47-25-11-14-32-52(47)58(55(45)49)43-21-6-2-7-22-43)34-40(36-41)46-28-17-30-50-48-26-12-15-33-53(48)59(56(46)50)44-23-8-3-9-24-44/h1-37H. The molecule has 0 amide bonds. The molecule has 0 aliphatic carbocycles. The number of para-hydroxylation sites is 8. The molecule has 3 aromatic heterocycles. The summed E-state index contributed by atoms with van der Waals surface area (Å²) in [5, 5.41) is 6.16. The first-order valence-electron chi connectivity index (χ1n) is 20.3. The Balaban J connectivity index is 1.22. The summed E-state index contributed by atoms with van der Waals surface area (Å²) in [5.41, 5.74) is 16.4. The molecular weight excluding hydrogens is 715 g/mol. The number of nitrogens with zero attached hydrogens (tertiary/aromatic N) is 3. The van der Waals surface area contributed by atoms with Crippen LogP contribution in [0.4, 0.5) is 0 Å². The summed E-state index contributed by atoms with van der Waals surface area (Å²) < 4.78 is 7.31. The quantitative estimate of drug-likeness (QED) is 0.161. The molecule has 0 saturated heterocycles. The average molecular weight is 752 g/mol. The lowest BCUT2D eigenvalue weighted by Crippen LogP contribution is -1.99. The number of aromatic nitrogens is 3. The number of rotatable bonds is 6. The predicted molar refractivity (Wildman–Crippen MR) is 248 cm³/mol. The maximum absolute atomic E-state index is 2.45. The highest BCUT2D eigenvalue weighted by Crippen LogP contribution is 2.44. The Morgan fingerprint density at radius 2 is 0.644 bits per heavy atom. The summed E-state index contributed by atoms with van der Waals surface area (Å²) in [6.45, 7) is 0. The molecule has 3 heteroatoms. The molecule has 0 aliphatic rings. The van der Waals surface area contributed by atoms with Crippen molar-refractivity contribution < 1.29 is 0 Å². The van der Waals surface area contributed by atoms with Crippen molar-refractivity contribution in [2.75, 3.05) is 0 Å². The minimum atomic E-state index is 1.13. The van der Waals surface area contributed by atoms with Crippen molar-refractivity contribution in [2.24, 2.45) is 0 Å². The van der Waals surface area contributed by atoms with E-state index in [0.29, 0.717) is 0 Å².